The van der Waals surface area contributed by atoms with Crippen molar-refractivity contribution in [1.82, 2.24) is 0 Å². The number of aliphatic imine (C=N–C) groups is 1. The zero-order chi connectivity index (χ0) is 9.90. The van der Waals surface area contributed by atoms with Gasteiger partial charge in [0.25, 0.3) is 0 Å². The summed E-state index contributed by atoms with van der Waals surface area (Å²) in [4.78, 5) is 4.56. The summed E-state index contributed by atoms with van der Waals surface area (Å²) >= 11 is 0. The van der Waals surface area contributed by atoms with Gasteiger partial charge in [0, 0.05) is 12.8 Å². The minimum atomic E-state index is 0.441. The quantitative estimate of drug-likeness (QED) is 0.586. The number of hydrogen-bond acceptors (Lipinski definition) is 1. The minimum Gasteiger partial charge on any atom is -0.297 e. The molecule has 2 atom stereocenters. The summed E-state index contributed by atoms with van der Waals surface area (Å²) < 4.78 is 0. The van der Waals surface area contributed by atoms with E-state index in [-0.39, 0.29) is 0 Å². The van der Waals surface area contributed by atoms with Crippen molar-refractivity contribution in [2.24, 2.45) is 22.2 Å². The van der Waals surface area contributed by atoms with Crippen molar-refractivity contribution in [2.75, 3.05) is 6.54 Å². The summed E-state index contributed by atoms with van der Waals surface area (Å²) in [6.45, 7) is 10.3. The molecule has 1 rings (SSSR count). The molecule has 0 fully saturated rings. The van der Waals surface area contributed by atoms with Crippen molar-refractivity contribution in [3.05, 3.63) is 0 Å². The fourth-order valence-electron chi connectivity index (χ4n) is 1.89. The molecule has 0 aromatic rings. The first-order valence-electron chi connectivity index (χ1n) is 5.54. The second kappa shape index (κ2) is 4.26. The Hall–Kier alpha value is -0.330. The van der Waals surface area contributed by atoms with Crippen molar-refractivity contribution < 1.29 is 0 Å². The normalized spacial score (nSPS) is 35.9. The Kier molecular flexibility index (Phi) is 3.52. The van der Waals surface area contributed by atoms with Gasteiger partial charge < -0.3 is 0 Å². The van der Waals surface area contributed by atoms with E-state index in [9.17, 15) is 0 Å². The Labute approximate surface area is 82.6 Å². The average Bonchev–Trinajstić information content (AvgIpc) is 2.01. The van der Waals surface area contributed by atoms with Gasteiger partial charge in [0.05, 0.1) is 0 Å². The third-order valence-electron chi connectivity index (χ3n) is 3.61. The molecule has 0 spiro atoms. The highest BCUT2D eigenvalue weighted by Gasteiger charge is 2.28. The molecule has 0 aromatic heterocycles. The smallest absolute Gasteiger partial charge is 0.0441 e. The molecule has 0 bridgehead atoms. The highest BCUT2D eigenvalue weighted by atomic mass is 14.7. The van der Waals surface area contributed by atoms with Crippen LogP contribution in [0.15, 0.2) is 4.99 Å². The zero-order valence-corrected chi connectivity index (χ0v) is 9.51. The number of hydrogen-bond donors (Lipinski definition) is 0. The van der Waals surface area contributed by atoms with Crippen LogP contribution < -0.4 is 0 Å². The van der Waals surface area contributed by atoms with Gasteiger partial charge in [-0.2, -0.15) is 0 Å². The summed E-state index contributed by atoms with van der Waals surface area (Å²) in [7, 11) is 0. The van der Waals surface area contributed by atoms with Crippen molar-refractivity contribution in [3.63, 3.8) is 0 Å². The van der Waals surface area contributed by atoms with Crippen LogP contribution in [0.2, 0.25) is 0 Å². The van der Waals surface area contributed by atoms with Crippen molar-refractivity contribution in [3.8, 4) is 0 Å². The van der Waals surface area contributed by atoms with E-state index >= 15 is 0 Å². The Balaban J connectivity index is 2.64. The Morgan fingerprint density at radius 2 is 2.15 bits per heavy atom. The molecule has 0 saturated carbocycles. The van der Waals surface area contributed by atoms with Gasteiger partial charge in [0.1, 0.15) is 0 Å². The van der Waals surface area contributed by atoms with Gasteiger partial charge in [-0.3, -0.25) is 4.99 Å². The van der Waals surface area contributed by atoms with E-state index in [4.69, 9.17) is 0 Å². The summed E-state index contributed by atoms with van der Waals surface area (Å²) in [5, 5.41) is 0. The number of nitrogens with zero attached hydrogens (tertiary/aromatic N) is 1. The van der Waals surface area contributed by atoms with Crippen LogP contribution in [0, 0.1) is 17.3 Å². The van der Waals surface area contributed by atoms with Crippen LogP contribution in [0.1, 0.15) is 47.0 Å². The van der Waals surface area contributed by atoms with Crippen LogP contribution in [0.3, 0.4) is 0 Å². The highest BCUT2D eigenvalue weighted by Crippen LogP contribution is 2.34. The van der Waals surface area contributed by atoms with E-state index in [1.54, 1.807) is 0 Å². The van der Waals surface area contributed by atoms with Crippen molar-refractivity contribution in [1.29, 1.82) is 0 Å². The standard InChI is InChI=1S/C12H23N/c1-10(2)12(4)7-5-6-11(3)8-13-9-12/h8,10-11H,5-7,9H2,1-4H3/t11?,12-/m1/s1. The van der Waals surface area contributed by atoms with Crippen LogP contribution in [-0.4, -0.2) is 12.8 Å². The second-order valence-electron chi connectivity index (χ2n) is 5.17. The van der Waals surface area contributed by atoms with Crippen LogP contribution in [0.25, 0.3) is 0 Å². The van der Waals surface area contributed by atoms with Gasteiger partial charge in [-0.05, 0) is 30.1 Å². The van der Waals surface area contributed by atoms with E-state index in [1.165, 1.54) is 19.3 Å². The molecule has 0 saturated heterocycles. The molecule has 0 N–H and O–H groups in total. The molecule has 1 aliphatic heterocycles. The molecule has 0 aliphatic carbocycles. The van der Waals surface area contributed by atoms with Crippen molar-refractivity contribution in [2.45, 2.75) is 47.0 Å². The number of rotatable bonds is 1. The second-order valence-corrected chi connectivity index (χ2v) is 5.17. The predicted molar refractivity (Wildman–Crippen MR) is 59.3 cm³/mol. The fourth-order valence-corrected chi connectivity index (χ4v) is 1.89. The fraction of sp³-hybridized carbons (Fsp3) is 0.917. The Morgan fingerprint density at radius 3 is 2.77 bits per heavy atom. The molecule has 1 heterocycles. The van der Waals surface area contributed by atoms with E-state index in [0.717, 1.165) is 12.5 Å². The SMILES string of the molecule is CC1C=NC[C@](C)(C(C)C)CCC1. The molecule has 13 heavy (non-hydrogen) atoms. The highest BCUT2D eigenvalue weighted by molar-refractivity contribution is 5.60. The molecule has 0 amide bonds. The lowest BCUT2D eigenvalue weighted by Gasteiger charge is -2.33. The summed E-state index contributed by atoms with van der Waals surface area (Å²) in [6.07, 6.45) is 6.17. The van der Waals surface area contributed by atoms with Crippen LogP contribution >= 0.6 is 0 Å². The van der Waals surface area contributed by atoms with Gasteiger partial charge in [-0.1, -0.05) is 34.1 Å². The molecule has 0 aromatic carbocycles. The molecule has 1 nitrogen and oxygen atoms in total. The Bertz CT molecular complexity index is 184. The third-order valence-corrected chi connectivity index (χ3v) is 3.61. The van der Waals surface area contributed by atoms with Gasteiger partial charge in [0.2, 0.25) is 0 Å². The van der Waals surface area contributed by atoms with Crippen LogP contribution in [0.5, 0.6) is 0 Å². The molecule has 1 heteroatoms. The zero-order valence-electron chi connectivity index (χ0n) is 9.51. The maximum atomic E-state index is 4.56. The molecular weight excluding hydrogens is 158 g/mol. The maximum Gasteiger partial charge on any atom is 0.0441 e. The monoisotopic (exact) mass is 181 g/mol. The molecule has 76 valence electrons. The van der Waals surface area contributed by atoms with E-state index < -0.39 is 0 Å². The Morgan fingerprint density at radius 1 is 1.46 bits per heavy atom. The summed E-state index contributed by atoms with van der Waals surface area (Å²) in [5.74, 6) is 1.44. The first-order valence-corrected chi connectivity index (χ1v) is 5.54. The van der Waals surface area contributed by atoms with Gasteiger partial charge in [-0.25, -0.2) is 0 Å². The van der Waals surface area contributed by atoms with E-state index in [2.05, 4.69) is 38.9 Å². The lowest BCUT2D eigenvalue weighted by Crippen LogP contribution is -2.28. The average molecular weight is 181 g/mol. The van der Waals surface area contributed by atoms with Crippen molar-refractivity contribution >= 4 is 6.21 Å². The first kappa shape index (κ1) is 10.7. The van der Waals surface area contributed by atoms with Gasteiger partial charge >= 0.3 is 0 Å². The van der Waals surface area contributed by atoms with Gasteiger partial charge in [-0.15, -0.1) is 0 Å². The third kappa shape index (κ3) is 2.82. The van der Waals surface area contributed by atoms with Gasteiger partial charge in [0.15, 0.2) is 0 Å². The van der Waals surface area contributed by atoms with Crippen LogP contribution in [0.4, 0.5) is 0 Å². The topological polar surface area (TPSA) is 12.4 Å². The van der Waals surface area contributed by atoms with Crippen LogP contribution in [-0.2, 0) is 0 Å². The summed E-state index contributed by atoms with van der Waals surface area (Å²) in [5.41, 5.74) is 0.441. The molecular formula is C12H23N. The lowest BCUT2D eigenvalue weighted by atomic mass is 9.74. The lowest BCUT2D eigenvalue weighted by molar-refractivity contribution is 0.199. The first-order chi connectivity index (χ1) is 6.04. The minimum absolute atomic E-state index is 0.441. The predicted octanol–water partition coefficient (Wildman–Crippen LogP) is 3.54. The van der Waals surface area contributed by atoms with E-state index in [0.29, 0.717) is 11.3 Å². The maximum absolute atomic E-state index is 4.56. The molecule has 1 aliphatic rings. The molecule has 0 radical (unpaired) electrons. The summed E-state index contributed by atoms with van der Waals surface area (Å²) in [6, 6.07) is 0. The largest absolute Gasteiger partial charge is 0.297 e. The molecule has 1 unspecified atom stereocenters. The van der Waals surface area contributed by atoms with E-state index in [1.807, 2.05) is 0 Å².